The highest BCUT2D eigenvalue weighted by Gasteiger charge is 2.48. The van der Waals surface area contributed by atoms with Crippen LogP contribution in [0.15, 0.2) is 12.3 Å². The number of fused-ring (bicyclic) bond motifs is 2. The first-order valence-corrected chi connectivity index (χ1v) is 12.8. The lowest BCUT2D eigenvalue weighted by atomic mass is 9.91. The number of anilines is 2. The number of nitrogens with one attached hydrogen (secondary N) is 1. The highest BCUT2D eigenvalue weighted by atomic mass is 32.1. The largest absolute Gasteiger partial charge is 0.396 e. The van der Waals surface area contributed by atoms with Crippen LogP contribution in [0.4, 0.5) is 24.7 Å². The second-order valence-corrected chi connectivity index (χ2v) is 10.7. The second kappa shape index (κ2) is 9.69. The molecule has 5 rings (SSSR count). The minimum absolute atomic E-state index is 0.0404. The average molecular weight is 536 g/mol. The van der Waals surface area contributed by atoms with Crippen LogP contribution in [0.2, 0.25) is 0 Å². The van der Waals surface area contributed by atoms with Gasteiger partial charge in [-0.25, -0.2) is 28.1 Å². The number of ether oxygens (including phenoxy) is 1. The van der Waals surface area contributed by atoms with E-state index in [1.54, 1.807) is 11.1 Å². The van der Waals surface area contributed by atoms with Crippen molar-refractivity contribution in [1.29, 1.82) is 0 Å². The number of alkyl halides is 2. The molecule has 3 atom stereocenters. The third-order valence-corrected chi connectivity index (χ3v) is 8.08. The normalized spacial score (nSPS) is 21.9. The number of nitrogens with two attached hydrogens (primary N) is 2. The fourth-order valence-electron chi connectivity index (χ4n) is 5.10. The summed E-state index contributed by atoms with van der Waals surface area (Å²) >= 11 is 1.17. The smallest absolute Gasteiger partial charge is 0.276 e. The zero-order valence-electron chi connectivity index (χ0n) is 20.4. The Bertz CT molecular complexity index is 1350. The summed E-state index contributed by atoms with van der Waals surface area (Å²) in [5, 5.41) is 2.95. The van der Waals surface area contributed by atoms with Gasteiger partial charge in [-0.05, 0) is 26.2 Å². The second-order valence-electron chi connectivity index (χ2n) is 9.68. The summed E-state index contributed by atoms with van der Waals surface area (Å²) in [6.07, 6.45) is 2.83. The molecule has 1 fully saturated rings. The highest BCUT2D eigenvalue weighted by molar-refractivity contribution is 7.21. The van der Waals surface area contributed by atoms with Crippen molar-refractivity contribution in [1.82, 2.24) is 20.3 Å². The molecule has 0 radical (unpaired) electrons. The van der Waals surface area contributed by atoms with Gasteiger partial charge in [-0.3, -0.25) is 4.79 Å². The predicted molar refractivity (Wildman–Crippen MR) is 135 cm³/mol. The molecule has 3 aromatic rings. The molecule has 13 heteroatoms. The first kappa shape index (κ1) is 25.6. The van der Waals surface area contributed by atoms with Gasteiger partial charge in [-0.15, -0.1) is 11.3 Å². The van der Waals surface area contributed by atoms with Gasteiger partial charge in [0.2, 0.25) is 0 Å². The molecule has 5 N–H and O–H groups in total. The topological polar surface area (TPSA) is 132 Å². The van der Waals surface area contributed by atoms with Gasteiger partial charge >= 0.3 is 0 Å². The van der Waals surface area contributed by atoms with Crippen LogP contribution in [0.25, 0.3) is 10.3 Å². The number of aromatic nitrogens is 3. The van der Waals surface area contributed by atoms with Gasteiger partial charge in [0.15, 0.2) is 0 Å². The number of hydrogen-bond acceptors (Lipinski definition) is 9. The lowest BCUT2D eigenvalue weighted by Crippen LogP contribution is -2.43. The van der Waals surface area contributed by atoms with Crippen LogP contribution in [0.3, 0.4) is 0 Å². The maximum absolute atomic E-state index is 15.2. The molecule has 0 bridgehead atoms. The molecule has 0 aromatic carbocycles. The average Bonchev–Trinajstić information content (AvgIpc) is 3.39. The van der Waals surface area contributed by atoms with Gasteiger partial charge in [0.1, 0.15) is 33.5 Å². The fraction of sp³-hybridized carbons (Fsp3) is 0.500. The minimum Gasteiger partial charge on any atom is -0.396 e. The van der Waals surface area contributed by atoms with E-state index in [4.69, 9.17) is 11.5 Å². The van der Waals surface area contributed by atoms with Crippen molar-refractivity contribution in [3.63, 3.8) is 0 Å². The Labute approximate surface area is 215 Å². The number of thiophene rings is 1. The molecule has 1 amide bonds. The lowest BCUT2D eigenvalue weighted by Gasteiger charge is -2.27. The number of hydrogen-bond donors (Lipinski definition) is 3. The summed E-state index contributed by atoms with van der Waals surface area (Å²) in [5.74, 6) is -4.76. The minimum atomic E-state index is -3.09. The molecule has 1 aliphatic carbocycles. The van der Waals surface area contributed by atoms with Crippen LogP contribution in [-0.2, 0) is 17.6 Å². The maximum Gasteiger partial charge on any atom is 0.276 e. The summed E-state index contributed by atoms with van der Waals surface area (Å²) in [4.78, 5) is 28.7. The van der Waals surface area contributed by atoms with Gasteiger partial charge in [0.05, 0.1) is 17.3 Å². The molecule has 37 heavy (non-hydrogen) atoms. The van der Waals surface area contributed by atoms with Crippen molar-refractivity contribution >= 4 is 39.1 Å². The van der Waals surface area contributed by atoms with E-state index in [1.807, 2.05) is 6.92 Å². The Balaban J connectivity index is 1.29. The molecular weight excluding hydrogens is 507 g/mol. The Kier molecular flexibility index (Phi) is 6.71. The third kappa shape index (κ3) is 4.82. The van der Waals surface area contributed by atoms with Crippen molar-refractivity contribution in [3.8, 4) is 0 Å². The van der Waals surface area contributed by atoms with Gasteiger partial charge in [-0.2, -0.15) is 0 Å². The molecule has 1 aliphatic heterocycles. The van der Waals surface area contributed by atoms with E-state index in [1.165, 1.54) is 24.5 Å². The Morgan fingerprint density at radius 3 is 2.89 bits per heavy atom. The number of amides is 1. The molecule has 2 aliphatic rings. The number of carbonyl (C=O) groups excluding carboxylic acids is 1. The Morgan fingerprint density at radius 1 is 1.35 bits per heavy atom. The lowest BCUT2D eigenvalue weighted by molar-refractivity contribution is -0.105. The number of carbonyl (C=O) groups is 1. The van der Waals surface area contributed by atoms with E-state index in [2.05, 4.69) is 25.0 Å². The molecule has 1 saturated heterocycles. The molecule has 9 nitrogen and oxygen atoms in total. The van der Waals surface area contributed by atoms with E-state index < -0.39 is 30.3 Å². The van der Waals surface area contributed by atoms with E-state index >= 15 is 4.39 Å². The molecule has 3 unspecified atom stereocenters. The molecule has 0 saturated carbocycles. The number of aryl methyl sites for hydroxylation is 2. The summed E-state index contributed by atoms with van der Waals surface area (Å²) in [6, 6.07) is 0.156. The van der Waals surface area contributed by atoms with Crippen molar-refractivity contribution in [2.45, 2.75) is 44.2 Å². The van der Waals surface area contributed by atoms with E-state index in [9.17, 15) is 13.6 Å². The van der Waals surface area contributed by atoms with E-state index in [-0.39, 0.29) is 37.1 Å². The van der Waals surface area contributed by atoms with Crippen LogP contribution >= 0.6 is 11.3 Å². The monoisotopic (exact) mass is 535 g/mol. The molecule has 4 heterocycles. The zero-order chi connectivity index (χ0) is 26.5. The predicted octanol–water partition coefficient (Wildman–Crippen LogP) is 2.45. The first-order valence-electron chi connectivity index (χ1n) is 12.0. The number of halogens is 3. The highest BCUT2D eigenvalue weighted by Crippen LogP contribution is 2.36. The van der Waals surface area contributed by atoms with Gasteiger partial charge in [0.25, 0.3) is 11.8 Å². The van der Waals surface area contributed by atoms with Crippen molar-refractivity contribution < 1.29 is 22.7 Å². The standard InChI is InChI=1S/C24H28F3N7O2S/c1-11-7-30-20-19(29)21(37-23(20)31-11)22(35)32-12-3-4-17-13(5-12)15(25)6-18(33-17)34-8-14(16(28)9-34)24(26,27)10-36-2/h6-7,12,14,16H,3-5,8-10,28-29H2,1-2H3,(H,32,35). The first-order chi connectivity index (χ1) is 17.6. The number of nitrogen functional groups attached to an aromatic ring is 1. The fourth-order valence-corrected chi connectivity index (χ4v) is 6.10. The van der Waals surface area contributed by atoms with Crippen LogP contribution in [0.5, 0.6) is 0 Å². The van der Waals surface area contributed by atoms with E-state index in [0.717, 1.165) is 5.69 Å². The zero-order valence-corrected chi connectivity index (χ0v) is 21.2. The Hall–Kier alpha value is -3.03. The van der Waals surface area contributed by atoms with Crippen molar-refractivity contribution in [2.24, 2.45) is 11.7 Å². The number of pyridine rings is 1. The Morgan fingerprint density at radius 2 is 2.14 bits per heavy atom. The van der Waals surface area contributed by atoms with Crippen LogP contribution in [-0.4, -0.2) is 65.7 Å². The summed E-state index contributed by atoms with van der Waals surface area (Å²) in [7, 11) is 1.22. The van der Waals surface area contributed by atoms with E-state index in [0.29, 0.717) is 45.1 Å². The summed E-state index contributed by atoms with van der Waals surface area (Å²) < 4.78 is 48.7. The number of methoxy groups -OCH3 is 1. The molecule has 0 spiro atoms. The third-order valence-electron chi connectivity index (χ3n) is 6.99. The SMILES string of the molecule is COCC(F)(F)C1CN(c2cc(F)c3c(n2)CCC(NC(=O)c2sc4nc(C)cnc4c2N)C3)CC1N. The van der Waals surface area contributed by atoms with Crippen LogP contribution in [0.1, 0.15) is 33.0 Å². The van der Waals surface area contributed by atoms with Crippen molar-refractivity contribution in [2.75, 3.05) is 37.4 Å². The van der Waals surface area contributed by atoms with Crippen molar-refractivity contribution in [3.05, 3.63) is 39.9 Å². The van der Waals surface area contributed by atoms with Gasteiger partial charge in [0, 0.05) is 55.8 Å². The number of nitrogens with zero attached hydrogens (tertiary/aromatic N) is 4. The van der Waals surface area contributed by atoms with Crippen LogP contribution < -0.4 is 21.7 Å². The summed E-state index contributed by atoms with van der Waals surface area (Å²) in [5.41, 5.74) is 14.6. The van der Waals surface area contributed by atoms with Gasteiger partial charge < -0.3 is 26.4 Å². The van der Waals surface area contributed by atoms with Crippen LogP contribution in [0, 0.1) is 18.7 Å². The quantitative estimate of drug-likeness (QED) is 0.439. The van der Waals surface area contributed by atoms with Gasteiger partial charge in [-0.1, -0.05) is 0 Å². The molecule has 198 valence electrons. The molecule has 3 aromatic heterocycles. The summed E-state index contributed by atoms with van der Waals surface area (Å²) in [6.45, 7) is 1.19. The number of rotatable bonds is 6. The molecular formula is C24H28F3N7O2S. The maximum atomic E-state index is 15.2.